The number of aliphatic hydroxyl groups is 1. The minimum Gasteiger partial charge on any atom is -0.507 e. The van der Waals surface area contributed by atoms with Crippen molar-refractivity contribution >= 4 is 66.2 Å². The smallest absolute Gasteiger partial charge is 0.301 e. The number of amides is 1. The summed E-state index contributed by atoms with van der Waals surface area (Å²) in [6.07, 6.45) is 0. The summed E-state index contributed by atoms with van der Waals surface area (Å²) in [5.41, 5.74) is 0.534. The molecule has 1 aliphatic rings. The molecule has 1 unspecified atom stereocenters. The van der Waals surface area contributed by atoms with Crippen molar-refractivity contribution in [3.8, 4) is 0 Å². The van der Waals surface area contributed by atoms with E-state index in [1.165, 1.54) is 16.2 Å². The van der Waals surface area contributed by atoms with Gasteiger partial charge in [0.05, 0.1) is 15.8 Å². The molecule has 1 fully saturated rings. The fourth-order valence-electron chi connectivity index (χ4n) is 4.34. The van der Waals surface area contributed by atoms with E-state index in [1.807, 2.05) is 30.3 Å². The summed E-state index contributed by atoms with van der Waals surface area (Å²) in [5.74, 6) is -4.10. The second kappa shape index (κ2) is 8.07. The van der Waals surface area contributed by atoms with E-state index in [0.717, 1.165) is 34.2 Å². The molecule has 0 radical (unpaired) electrons. The highest BCUT2D eigenvalue weighted by Gasteiger charge is 2.48. The molecule has 35 heavy (non-hydrogen) atoms. The van der Waals surface area contributed by atoms with Gasteiger partial charge in [0.1, 0.15) is 11.8 Å². The van der Waals surface area contributed by atoms with Crippen LogP contribution in [-0.4, -0.2) is 21.8 Å². The number of thiophene rings is 1. The summed E-state index contributed by atoms with van der Waals surface area (Å²) in [6, 6.07) is 17.3. The number of hydrogen-bond donors (Lipinski definition) is 1. The van der Waals surface area contributed by atoms with E-state index >= 15 is 0 Å². The standard InChI is InChI=1S/C26H14F2N2O3S2/c27-16-11-18-20(12-17(16)28)35-26(29-18)30-22(19-9-4-10-34-19)21(24(32)25(30)33)23(31)15-8-3-6-13-5-1-2-7-14(13)15/h1-12,22,31H/b23-21+. The van der Waals surface area contributed by atoms with Crippen molar-refractivity contribution in [2.24, 2.45) is 0 Å². The molecule has 2 aromatic heterocycles. The number of thiazole rings is 1. The number of Topliss-reactive ketones (excluding diaryl/α,β-unsaturated/α-hetero) is 1. The van der Waals surface area contributed by atoms with Crippen molar-refractivity contribution < 1.29 is 23.5 Å². The summed E-state index contributed by atoms with van der Waals surface area (Å²) >= 11 is 2.29. The minimum atomic E-state index is -1.05. The molecule has 3 heterocycles. The fourth-order valence-corrected chi connectivity index (χ4v) is 6.16. The molecule has 5 aromatic rings. The monoisotopic (exact) mass is 504 g/mol. The van der Waals surface area contributed by atoms with Crippen LogP contribution in [0.25, 0.3) is 26.7 Å². The zero-order valence-electron chi connectivity index (χ0n) is 17.7. The van der Waals surface area contributed by atoms with E-state index in [4.69, 9.17) is 0 Å². The highest BCUT2D eigenvalue weighted by molar-refractivity contribution is 7.22. The molecular weight excluding hydrogens is 490 g/mol. The van der Waals surface area contributed by atoms with Gasteiger partial charge in [-0.15, -0.1) is 11.3 Å². The van der Waals surface area contributed by atoms with Crippen molar-refractivity contribution in [2.75, 3.05) is 4.90 Å². The van der Waals surface area contributed by atoms with Gasteiger partial charge < -0.3 is 5.11 Å². The van der Waals surface area contributed by atoms with Crippen LogP contribution in [0.4, 0.5) is 13.9 Å². The largest absolute Gasteiger partial charge is 0.507 e. The Hall–Kier alpha value is -3.95. The average Bonchev–Trinajstić information content (AvgIpc) is 3.58. The second-order valence-electron chi connectivity index (χ2n) is 7.94. The van der Waals surface area contributed by atoms with Crippen molar-refractivity contribution in [3.63, 3.8) is 0 Å². The van der Waals surface area contributed by atoms with Crippen molar-refractivity contribution in [3.05, 3.63) is 99.8 Å². The first kappa shape index (κ1) is 21.6. The number of halogens is 2. The maximum atomic E-state index is 13.8. The van der Waals surface area contributed by atoms with Gasteiger partial charge in [0.25, 0.3) is 5.78 Å². The average molecular weight is 505 g/mol. The molecule has 0 spiro atoms. The summed E-state index contributed by atoms with van der Waals surface area (Å²) in [4.78, 5) is 32.8. The number of aliphatic hydroxyl groups excluding tert-OH is 1. The number of aromatic nitrogens is 1. The van der Waals surface area contributed by atoms with Crippen LogP contribution < -0.4 is 4.90 Å². The Morgan fingerprint density at radius 1 is 0.971 bits per heavy atom. The molecular formula is C26H14F2N2O3S2. The highest BCUT2D eigenvalue weighted by atomic mass is 32.1. The zero-order chi connectivity index (χ0) is 24.3. The van der Waals surface area contributed by atoms with Crippen LogP contribution in [0.15, 0.2) is 77.7 Å². The van der Waals surface area contributed by atoms with Crippen molar-refractivity contribution in [2.45, 2.75) is 6.04 Å². The lowest BCUT2D eigenvalue weighted by atomic mass is 9.96. The number of ketones is 1. The molecule has 1 amide bonds. The predicted octanol–water partition coefficient (Wildman–Crippen LogP) is 6.42. The molecule has 6 rings (SSSR count). The Morgan fingerprint density at radius 2 is 1.74 bits per heavy atom. The van der Waals surface area contributed by atoms with Crippen molar-refractivity contribution in [1.29, 1.82) is 0 Å². The number of fused-ring (bicyclic) bond motifs is 2. The van der Waals surface area contributed by atoms with Gasteiger partial charge in [-0.3, -0.25) is 14.5 Å². The van der Waals surface area contributed by atoms with E-state index in [1.54, 1.807) is 29.6 Å². The number of hydrogen-bond acceptors (Lipinski definition) is 6. The molecule has 1 aliphatic heterocycles. The van der Waals surface area contributed by atoms with E-state index < -0.39 is 29.4 Å². The third-order valence-electron chi connectivity index (χ3n) is 5.93. The van der Waals surface area contributed by atoms with E-state index in [0.29, 0.717) is 15.1 Å². The van der Waals surface area contributed by atoms with Gasteiger partial charge >= 0.3 is 5.91 Å². The molecule has 5 nitrogen and oxygen atoms in total. The summed E-state index contributed by atoms with van der Waals surface area (Å²) in [7, 11) is 0. The van der Waals surface area contributed by atoms with Crippen LogP contribution in [0.3, 0.4) is 0 Å². The SMILES string of the molecule is O=C1C(=O)N(c2nc3cc(F)c(F)cc3s2)C(c2cccs2)/C1=C(\O)c1cccc2ccccc12. The van der Waals surface area contributed by atoms with Crippen LogP contribution in [0, 0.1) is 11.6 Å². The highest BCUT2D eigenvalue weighted by Crippen LogP contribution is 2.46. The van der Waals surface area contributed by atoms with E-state index in [9.17, 15) is 23.5 Å². The number of anilines is 1. The molecule has 9 heteroatoms. The van der Waals surface area contributed by atoms with Crippen LogP contribution in [0.5, 0.6) is 0 Å². The Kier molecular flexibility index (Phi) is 4.98. The van der Waals surface area contributed by atoms with Crippen LogP contribution in [0.2, 0.25) is 0 Å². The maximum absolute atomic E-state index is 13.8. The van der Waals surface area contributed by atoms with Crippen LogP contribution in [0.1, 0.15) is 16.5 Å². The van der Waals surface area contributed by atoms with Crippen LogP contribution in [-0.2, 0) is 9.59 Å². The molecule has 0 bridgehead atoms. The van der Waals surface area contributed by atoms with E-state index in [-0.39, 0.29) is 22.0 Å². The minimum absolute atomic E-state index is 0.0644. The van der Waals surface area contributed by atoms with Crippen molar-refractivity contribution in [1.82, 2.24) is 4.98 Å². The van der Waals surface area contributed by atoms with Gasteiger partial charge in [-0.25, -0.2) is 13.8 Å². The first-order valence-electron chi connectivity index (χ1n) is 10.5. The Labute approximate surface area is 205 Å². The number of carbonyl (C=O) groups excluding carboxylic acids is 2. The molecule has 172 valence electrons. The van der Waals surface area contributed by atoms with Gasteiger partial charge in [-0.1, -0.05) is 59.9 Å². The molecule has 3 aromatic carbocycles. The van der Waals surface area contributed by atoms with Gasteiger partial charge in [-0.05, 0) is 28.3 Å². The molecule has 1 saturated heterocycles. The second-order valence-corrected chi connectivity index (χ2v) is 9.93. The predicted molar refractivity (Wildman–Crippen MR) is 133 cm³/mol. The quantitative estimate of drug-likeness (QED) is 0.175. The van der Waals surface area contributed by atoms with E-state index in [2.05, 4.69) is 4.98 Å². The lowest BCUT2D eigenvalue weighted by Crippen LogP contribution is -2.28. The lowest BCUT2D eigenvalue weighted by molar-refractivity contribution is -0.132. The third-order valence-corrected chi connectivity index (χ3v) is 7.87. The number of nitrogens with zero attached hydrogens (tertiary/aromatic N) is 2. The Balaban J connectivity index is 1.58. The lowest BCUT2D eigenvalue weighted by Gasteiger charge is -2.21. The number of carbonyl (C=O) groups is 2. The topological polar surface area (TPSA) is 70.5 Å². The molecule has 1 atom stereocenters. The summed E-state index contributed by atoms with van der Waals surface area (Å²) in [6.45, 7) is 0. The third kappa shape index (κ3) is 3.35. The van der Waals surface area contributed by atoms with Gasteiger partial charge in [0.2, 0.25) is 0 Å². The Morgan fingerprint density at radius 3 is 2.54 bits per heavy atom. The summed E-state index contributed by atoms with van der Waals surface area (Å²) < 4.78 is 27.9. The summed E-state index contributed by atoms with van der Waals surface area (Å²) in [5, 5.41) is 14.9. The fraction of sp³-hybridized carbons (Fsp3) is 0.0385. The van der Waals surface area contributed by atoms with Gasteiger partial charge in [-0.2, -0.15) is 0 Å². The molecule has 0 aliphatic carbocycles. The molecule has 0 saturated carbocycles. The van der Waals surface area contributed by atoms with Gasteiger partial charge in [0, 0.05) is 16.5 Å². The van der Waals surface area contributed by atoms with Gasteiger partial charge in [0.15, 0.2) is 16.8 Å². The number of benzene rings is 3. The number of rotatable bonds is 3. The maximum Gasteiger partial charge on any atom is 0.301 e. The first-order chi connectivity index (χ1) is 16.9. The molecule has 1 N–H and O–H groups in total. The zero-order valence-corrected chi connectivity index (χ0v) is 19.4. The first-order valence-corrected chi connectivity index (χ1v) is 12.2. The van der Waals surface area contributed by atoms with Crippen LogP contribution >= 0.6 is 22.7 Å². The normalized spacial score (nSPS) is 17.7. The Bertz CT molecular complexity index is 1650.